The lowest BCUT2D eigenvalue weighted by molar-refractivity contribution is -0.274. The highest BCUT2D eigenvalue weighted by molar-refractivity contribution is 6.30. The van der Waals surface area contributed by atoms with Crippen LogP contribution in [-0.4, -0.2) is 50.8 Å². The number of nitrogens with zero attached hydrogens (tertiary/aromatic N) is 2. The maximum atomic E-state index is 14.4. The number of oxime groups is 1. The van der Waals surface area contributed by atoms with Crippen molar-refractivity contribution in [3.05, 3.63) is 82.4 Å². The zero-order valence-corrected chi connectivity index (χ0v) is 26.2. The molecule has 46 heavy (non-hydrogen) atoms. The van der Waals surface area contributed by atoms with Gasteiger partial charge >= 0.3 is 12.3 Å². The van der Waals surface area contributed by atoms with Crippen LogP contribution >= 0.6 is 11.6 Å². The lowest BCUT2D eigenvalue weighted by Crippen LogP contribution is -2.38. The van der Waals surface area contributed by atoms with E-state index in [4.69, 9.17) is 25.9 Å². The summed E-state index contributed by atoms with van der Waals surface area (Å²) in [6.45, 7) is 4.09. The molecule has 0 radical (unpaired) electrons. The summed E-state index contributed by atoms with van der Waals surface area (Å²) < 4.78 is 53.8. The fraction of sp³-hybridized carbons (Fsp3) is 0.364. The fourth-order valence-electron chi connectivity index (χ4n) is 5.46. The number of anilines is 2. The summed E-state index contributed by atoms with van der Waals surface area (Å²) in [4.78, 5) is 32.9. The molecule has 244 valence electrons. The predicted octanol–water partition coefficient (Wildman–Crippen LogP) is 7.17. The molecule has 2 aliphatic rings. The van der Waals surface area contributed by atoms with Gasteiger partial charge in [0.25, 0.3) is 5.91 Å². The summed E-state index contributed by atoms with van der Waals surface area (Å²) >= 11 is 6.16. The average Bonchev–Trinajstić information content (AvgIpc) is 3.73. The maximum absolute atomic E-state index is 14.4. The molecule has 1 fully saturated rings. The molecule has 0 saturated heterocycles. The Morgan fingerprint density at radius 1 is 1.07 bits per heavy atom. The van der Waals surface area contributed by atoms with E-state index in [0.29, 0.717) is 45.5 Å². The second kappa shape index (κ2) is 13.5. The third kappa shape index (κ3) is 7.67. The molecule has 3 aromatic rings. The average molecular weight is 660 g/mol. The lowest BCUT2D eigenvalue weighted by Gasteiger charge is -2.27. The molecule has 1 amide bonds. The number of halogens is 4. The number of nitrogens with one attached hydrogen (secondary N) is 1. The fourth-order valence-corrected chi connectivity index (χ4v) is 5.59. The Labute approximate surface area is 269 Å². The SMILES string of the molecule is CCOC(=O)CCO/N=C(\C)c1cc(NC(C(=O)N2CC3(CC3)c3ccc(OC(F)(F)F)cc32)c2ccc(Cl)cc2)cc(OC)c1. The van der Waals surface area contributed by atoms with Gasteiger partial charge in [-0.3, -0.25) is 9.59 Å². The van der Waals surface area contributed by atoms with E-state index in [1.807, 2.05) is 0 Å². The molecule has 9 nitrogen and oxygen atoms in total. The van der Waals surface area contributed by atoms with Crippen molar-refractivity contribution in [3.8, 4) is 11.5 Å². The molecule has 1 unspecified atom stereocenters. The van der Waals surface area contributed by atoms with Crippen molar-refractivity contribution in [2.24, 2.45) is 5.16 Å². The number of alkyl halides is 3. The molecular formula is C33H33ClF3N3O6. The van der Waals surface area contributed by atoms with Crippen molar-refractivity contribution in [2.75, 3.05) is 37.1 Å². The Balaban J connectivity index is 1.45. The molecule has 1 heterocycles. The topological polar surface area (TPSA) is 98.7 Å². The molecule has 13 heteroatoms. The van der Waals surface area contributed by atoms with Crippen LogP contribution in [0.25, 0.3) is 0 Å². The standard InChI is InChI=1S/C33H33ClF3N3O6/c1-4-44-29(41)11-14-45-39-20(2)22-15-24(17-26(16-22)43-3)38-30(21-5-7-23(34)8-6-21)31(42)40-19-32(12-13-32)27-10-9-25(18-28(27)40)46-33(35,36)37/h5-10,15-18,30,38H,4,11-14,19H2,1-3H3/b39-20+. The van der Waals surface area contributed by atoms with Crippen LogP contribution in [0.1, 0.15) is 55.8 Å². The third-order valence-corrected chi connectivity index (χ3v) is 8.12. The van der Waals surface area contributed by atoms with Gasteiger partial charge < -0.3 is 29.3 Å². The number of esters is 1. The van der Waals surface area contributed by atoms with E-state index in [0.717, 1.165) is 18.4 Å². The van der Waals surface area contributed by atoms with Crippen LogP contribution in [0.15, 0.2) is 65.8 Å². The predicted molar refractivity (Wildman–Crippen MR) is 167 cm³/mol. The Bertz CT molecular complexity index is 1630. The van der Waals surface area contributed by atoms with Crippen molar-refractivity contribution in [3.63, 3.8) is 0 Å². The number of methoxy groups -OCH3 is 1. The van der Waals surface area contributed by atoms with E-state index in [1.54, 1.807) is 62.4 Å². The summed E-state index contributed by atoms with van der Waals surface area (Å²) in [7, 11) is 1.50. The number of benzene rings is 3. The first kappa shape index (κ1) is 32.9. The number of carbonyl (C=O) groups is 2. The molecule has 1 spiro atoms. The zero-order valence-electron chi connectivity index (χ0n) is 25.4. The summed E-state index contributed by atoms with van der Waals surface area (Å²) in [6.07, 6.45) is -3.18. The van der Waals surface area contributed by atoms with Crippen LogP contribution in [0.2, 0.25) is 5.02 Å². The van der Waals surface area contributed by atoms with Gasteiger partial charge in [-0.05, 0) is 68.1 Å². The number of ether oxygens (including phenoxy) is 3. The highest BCUT2D eigenvalue weighted by atomic mass is 35.5. The van der Waals surface area contributed by atoms with Gasteiger partial charge in [-0.25, -0.2) is 0 Å². The zero-order chi connectivity index (χ0) is 33.1. The smallest absolute Gasteiger partial charge is 0.497 e. The molecule has 5 rings (SSSR count). The number of rotatable bonds is 12. The van der Waals surface area contributed by atoms with Crippen LogP contribution in [-0.2, 0) is 24.6 Å². The molecule has 1 N–H and O–H groups in total. The van der Waals surface area contributed by atoms with Gasteiger partial charge in [-0.15, -0.1) is 13.2 Å². The lowest BCUT2D eigenvalue weighted by atomic mass is 9.99. The van der Waals surface area contributed by atoms with Crippen LogP contribution in [0.5, 0.6) is 11.5 Å². The molecular weight excluding hydrogens is 627 g/mol. The molecule has 1 saturated carbocycles. The number of carbonyl (C=O) groups excluding carboxylic acids is 2. The number of fused-ring (bicyclic) bond motifs is 2. The minimum Gasteiger partial charge on any atom is -0.497 e. The third-order valence-electron chi connectivity index (χ3n) is 7.87. The van der Waals surface area contributed by atoms with Gasteiger partial charge in [-0.2, -0.15) is 0 Å². The minimum atomic E-state index is -4.87. The van der Waals surface area contributed by atoms with Crippen molar-refractivity contribution < 1.29 is 41.8 Å². The minimum absolute atomic E-state index is 0.0346. The normalized spacial score (nSPS) is 15.6. The summed E-state index contributed by atoms with van der Waals surface area (Å²) in [5, 5.41) is 7.90. The quantitative estimate of drug-likeness (QED) is 0.0953. The van der Waals surface area contributed by atoms with Crippen LogP contribution in [0.3, 0.4) is 0 Å². The van der Waals surface area contributed by atoms with Crippen molar-refractivity contribution in [1.29, 1.82) is 0 Å². The van der Waals surface area contributed by atoms with E-state index in [9.17, 15) is 22.8 Å². The number of hydrogen-bond donors (Lipinski definition) is 1. The van der Waals surface area contributed by atoms with Gasteiger partial charge in [0.1, 0.15) is 24.1 Å². The van der Waals surface area contributed by atoms with Gasteiger partial charge in [0.2, 0.25) is 0 Å². The molecule has 1 aliphatic carbocycles. The van der Waals surface area contributed by atoms with Crippen LogP contribution in [0, 0.1) is 0 Å². The molecule has 3 aromatic carbocycles. The van der Waals surface area contributed by atoms with Crippen molar-refractivity contribution in [1.82, 2.24) is 0 Å². The summed E-state index contributed by atoms with van der Waals surface area (Å²) in [6, 6.07) is 15.2. The van der Waals surface area contributed by atoms with Gasteiger partial charge in [0, 0.05) is 40.4 Å². The highest BCUT2D eigenvalue weighted by Gasteiger charge is 2.54. The Hall–Kier alpha value is -4.45. The Kier molecular flexibility index (Phi) is 9.66. The Morgan fingerprint density at radius 2 is 1.80 bits per heavy atom. The molecule has 1 aliphatic heterocycles. The first-order valence-corrected chi connectivity index (χ1v) is 15.0. The van der Waals surface area contributed by atoms with Crippen molar-refractivity contribution in [2.45, 2.75) is 50.9 Å². The highest BCUT2D eigenvalue weighted by Crippen LogP contribution is 2.57. The van der Waals surface area contributed by atoms with Gasteiger partial charge in [0.15, 0.2) is 0 Å². The van der Waals surface area contributed by atoms with Crippen molar-refractivity contribution >= 4 is 40.6 Å². The second-order valence-electron chi connectivity index (χ2n) is 11.1. The second-order valence-corrected chi connectivity index (χ2v) is 11.5. The largest absolute Gasteiger partial charge is 0.573 e. The van der Waals surface area contributed by atoms with E-state index < -0.39 is 24.1 Å². The molecule has 0 aromatic heterocycles. The summed E-state index contributed by atoms with van der Waals surface area (Å²) in [5.74, 6) is -0.678. The summed E-state index contributed by atoms with van der Waals surface area (Å²) in [5.41, 5.74) is 3.13. The molecule has 0 bridgehead atoms. The van der Waals surface area contributed by atoms with Crippen LogP contribution < -0.4 is 19.7 Å². The first-order chi connectivity index (χ1) is 21.9. The van der Waals surface area contributed by atoms with E-state index in [-0.39, 0.29) is 31.0 Å². The van der Waals surface area contributed by atoms with Crippen LogP contribution in [0.4, 0.5) is 24.5 Å². The first-order valence-electron chi connectivity index (χ1n) is 14.7. The van der Waals surface area contributed by atoms with Gasteiger partial charge in [0.05, 0.1) is 31.5 Å². The number of amides is 1. The van der Waals surface area contributed by atoms with Gasteiger partial charge in [-0.1, -0.05) is 35.0 Å². The van der Waals surface area contributed by atoms with E-state index in [1.165, 1.54) is 24.1 Å². The monoisotopic (exact) mass is 659 g/mol. The maximum Gasteiger partial charge on any atom is 0.573 e. The van der Waals surface area contributed by atoms with E-state index >= 15 is 0 Å². The Morgan fingerprint density at radius 3 is 2.46 bits per heavy atom. The van der Waals surface area contributed by atoms with E-state index in [2.05, 4.69) is 15.2 Å². The number of hydrogen-bond acceptors (Lipinski definition) is 8. The molecule has 1 atom stereocenters.